The lowest BCUT2D eigenvalue weighted by atomic mass is 9.83. The largest absolute Gasteiger partial charge is 0.299 e. The van der Waals surface area contributed by atoms with E-state index in [9.17, 15) is 19.7 Å². The summed E-state index contributed by atoms with van der Waals surface area (Å²) in [5, 5.41) is 11.8. The first kappa shape index (κ1) is 16.8. The zero-order valence-corrected chi connectivity index (χ0v) is 12.2. The van der Waals surface area contributed by atoms with Crippen molar-refractivity contribution in [1.29, 1.82) is 0 Å². The van der Waals surface area contributed by atoms with E-state index in [0.717, 1.165) is 5.06 Å². The molecule has 1 rings (SSSR count). The van der Waals surface area contributed by atoms with E-state index in [1.54, 1.807) is 30.3 Å². The van der Waals surface area contributed by atoms with Gasteiger partial charge in [0.25, 0.3) is 5.91 Å². The highest BCUT2D eigenvalue weighted by atomic mass is 16.7. The van der Waals surface area contributed by atoms with E-state index >= 15 is 0 Å². The SMILES string of the molecule is CON(C)C(=O)[C@@H](C(C)=O)[C@@H](C[N+](=O)[O-])c1ccccc1. The molecule has 0 aromatic heterocycles. The Balaban J connectivity index is 3.22. The highest BCUT2D eigenvalue weighted by Crippen LogP contribution is 2.27. The van der Waals surface area contributed by atoms with E-state index in [4.69, 9.17) is 4.84 Å². The maximum absolute atomic E-state index is 12.3. The summed E-state index contributed by atoms with van der Waals surface area (Å²) in [6.07, 6.45) is 0. The lowest BCUT2D eigenvalue weighted by Gasteiger charge is -2.25. The molecule has 0 saturated heterocycles. The molecule has 0 aliphatic heterocycles. The van der Waals surface area contributed by atoms with Crippen LogP contribution in [0.15, 0.2) is 30.3 Å². The number of nitro groups is 1. The second kappa shape index (κ2) is 7.49. The van der Waals surface area contributed by atoms with Crippen molar-refractivity contribution >= 4 is 11.7 Å². The Morgan fingerprint density at radius 1 is 1.33 bits per heavy atom. The van der Waals surface area contributed by atoms with Crippen molar-refractivity contribution in [1.82, 2.24) is 5.06 Å². The molecule has 0 radical (unpaired) electrons. The van der Waals surface area contributed by atoms with Gasteiger partial charge in [-0.3, -0.25) is 24.5 Å². The lowest BCUT2D eigenvalue weighted by molar-refractivity contribution is -0.484. The van der Waals surface area contributed by atoms with E-state index in [1.165, 1.54) is 21.1 Å². The maximum Gasteiger partial charge on any atom is 0.257 e. The van der Waals surface area contributed by atoms with Crippen LogP contribution in [0.5, 0.6) is 0 Å². The van der Waals surface area contributed by atoms with Crippen LogP contribution >= 0.6 is 0 Å². The topological polar surface area (TPSA) is 89.8 Å². The third kappa shape index (κ3) is 4.35. The summed E-state index contributed by atoms with van der Waals surface area (Å²) >= 11 is 0. The Hall–Kier alpha value is -2.28. The Morgan fingerprint density at radius 2 is 1.90 bits per heavy atom. The van der Waals surface area contributed by atoms with Gasteiger partial charge >= 0.3 is 0 Å². The molecule has 0 aliphatic carbocycles. The van der Waals surface area contributed by atoms with Crippen LogP contribution in [0.3, 0.4) is 0 Å². The van der Waals surface area contributed by atoms with Gasteiger partial charge in [-0.05, 0) is 12.5 Å². The number of nitrogens with zero attached hydrogens (tertiary/aromatic N) is 2. The summed E-state index contributed by atoms with van der Waals surface area (Å²) in [6, 6.07) is 8.53. The van der Waals surface area contributed by atoms with Crippen LogP contribution in [-0.4, -0.2) is 42.4 Å². The molecule has 1 aromatic carbocycles. The number of hydroxylamine groups is 2. The minimum Gasteiger partial charge on any atom is -0.299 e. The summed E-state index contributed by atoms with van der Waals surface area (Å²) in [5.41, 5.74) is 0.576. The molecule has 0 saturated carbocycles. The molecule has 0 fully saturated rings. The minimum absolute atomic E-state index is 0.431. The number of carbonyl (C=O) groups excluding carboxylic acids is 2. The molecule has 0 unspecified atom stereocenters. The van der Waals surface area contributed by atoms with Crippen molar-refractivity contribution < 1.29 is 19.3 Å². The summed E-state index contributed by atoms with van der Waals surface area (Å²) in [4.78, 5) is 39.3. The molecule has 2 atom stereocenters. The Bertz CT molecular complexity index is 517. The van der Waals surface area contributed by atoms with Gasteiger partial charge in [-0.2, -0.15) is 0 Å². The summed E-state index contributed by atoms with van der Waals surface area (Å²) in [6.45, 7) is 0.750. The first-order valence-corrected chi connectivity index (χ1v) is 6.37. The predicted octanol–water partition coefficient (Wildman–Crippen LogP) is 1.27. The predicted molar refractivity (Wildman–Crippen MR) is 75.0 cm³/mol. The normalized spacial score (nSPS) is 13.3. The smallest absolute Gasteiger partial charge is 0.257 e. The van der Waals surface area contributed by atoms with E-state index in [-0.39, 0.29) is 0 Å². The van der Waals surface area contributed by atoms with E-state index in [2.05, 4.69) is 0 Å². The van der Waals surface area contributed by atoms with Crippen molar-refractivity contribution in [3.8, 4) is 0 Å². The van der Waals surface area contributed by atoms with Crippen LogP contribution in [0.1, 0.15) is 18.4 Å². The fraction of sp³-hybridized carbons (Fsp3) is 0.429. The number of rotatable bonds is 7. The van der Waals surface area contributed by atoms with Crippen LogP contribution in [-0.2, 0) is 14.4 Å². The highest BCUT2D eigenvalue weighted by molar-refractivity contribution is 6.00. The third-order valence-electron chi connectivity index (χ3n) is 3.26. The van der Waals surface area contributed by atoms with Crippen molar-refractivity contribution in [3.63, 3.8) is 0 Å². The number of Topliss-reactive ketones (excluding diaryl/α,β-unsaturated/α-hetero) is 1. The van der Waals surface area contributed by atoms with Crippen LogP contribution in [0.2, 0.25) is 0 Å². The second-order valence-electron chi connectivity index (χ2n) is 4.64. The van der Waals surface area contributed by atoms with Gasteiger partial charge in [0.15, 0.2) is 0 Å². The summed E-state index contributed by atoms with van der Waals surface area (Å²) < 4.78 is 0. The molecule has 1 amide bonds. The van der Waals surface area contributed by atoms with Crippen molar-refractivity contribution in [2.24, 2.45) is 5.92 Å². The monoisotopic (exact) mass is 294 g/mol. The Kier molecular flexibility index (Phi) is 5.98. The number of ketones is 1. The first-order valence-electron chi connectivity index (χ1n) is 6.37. The fourth-order valence-corrected chi connectivity index (χ4v) is 2.18. The molecule has 7 heteroatoms. The van der Waals surface area contributed by atoms with Gasteiger partial charge in [0.2, 0.25) is 6.54 Å². The lowest BCUT2D eigenvalue weighted by Crippen LogP contribution is -2.40. The van der Waals surface area contributed by atoms with Crippen molar-refractivity contribution in [2.75, 3.05) is 20.7 Å². The molecule has 0 bridgehead atoms. The average Bonchev–Trinajstić information content (AvgIpc) is 2.45. The average molecular weight is 294 g/mol. The van der Waals surface area contributed by atoms with E-state index < -0.39 is 35.0 Å². The van der Waals surface area contributed by atoms with E-state index in [0.29, 0.717) is 5.56 Å². The highest BCUT2D eigenvalue weighted by Gasteiger charge is 2.38. The van der Waals surface area contributed by atoms with Gasteiger partial charge in [0, 0.05) is 12.0 Å². The Morgan fingerprint density at radius 3 is 2.33 bits per heavy atom. The molecule has 7 nitrogen and oxygen atoms in total. The van der Waals surface area contributed by atoms with Crippen LogP contribution in [0, 0.1) is 16.0 Å². The maximum atomic E-state index is 12.3. The fourth-order valence-electron chi connectivity index (χ4n) is 2.18. The molecule has 114 valence electrons. The molecule has 0 aliphatic rings. The van der Waals surface area contributed by atoms with Crippen LogP contribution in [0.25, 0.3) is 0 Å². The molecule has 21 heavy (non-hydrogen) atoms. The van der Waals surface area contributed by atoms with E-state index in [1.807, 2.05) is 0 Å². The molecule has 1 aromatic rings. The molecular weight excluding hydrogens is 276 g/mol. The Labute approximate surface area is 122 Å². The third-order valence-corrected chi connectivity index (χ3v) is 3.26. The van der Waals surface area contributed by atoms with Gasteiger partial charge in [-0.15, -0.1) is 0 Å². The van der Waals surface area contributed by atoms with Crippen molar-refractivity contribution in [2.45, 2.75) is 12.8 Å². The van der Waals surface area contributed by atoms with Gasteiger partial charge in [0.05, 0.1) is 13.0 Å². The molecule has 0 heterocycles. The first-order chi connectivity index (χ1) is 9.88. The molecule has 0 spiro atoms. The van der Waals surface area contributed by atoms with Gasteiger partial charge in [-0.1, -0.05) is 30.3 Å². The zero-order chi connectivity index (χ0) is 16.0. The number of hydrogen-bond acceptors (Lipinski definition) is 5. The van der Waals surface area contributed by atoms with Gasteiger partial charge in [-0.25, -0.2) is 5.06 Å². The number of hydrogen-bond donors (Lipinski definition) is 0. The van der Waals surface area contributed by atoms with Gasteiger partial charge < -0.3 is 0 Å². The van der Waals surface area contributed by atoms with Crippen LogP contribution < -0.4 is 0 Å². The number of amides is 1. The second-order valence-corrected chi connectivity index (χ2v) is 4.64. The van der Waals surface area contributed by atoms with Gasteiger partial charge in [0.1, 0.15) is 11.7 Å². The van der Waals surface area contributed by atoms with Crippen molar-refractivity contribution in [3.05, 3.63) is 46.0 Å². The minimum atomic E-state index is -1.15. The van der Waals surface area contributed by atoms with Crippen LogP contribution in [0.4, 0.5) is 0 Å². The quantitative estimate of drug-likeness (QED) is 0.429. The number of benzene rings is 1. The standard InChI is InChI=1S/C14H18N2O5/c1-10(17)13(14(18)15(2)21-3)12(9-16(19)20)11-7-5-4-6-8-11/h4-8,12-13H,9H2,1-3H3/t12-,13-/m0/s1. The number of carbonyl (C=O) groups is 2. The molecular formula is C14H18N2O5. The zero-order valence-electron chi connectivity index (χ0n) is 12.2. The summed E-state index contributed by atoms with van der Waals surface area (Å²) in [7, 11) is 2.66. The summed E-state index contributed by atoms with van der Waals surface area (Å²) in [5.74, 6) is -3.01. The molecule has 0 N–H and O–H groups in total.